The van der Waals surface area contributed by atoms with E-state index in [9.17, 15) is 9.59 Å². The van der Waals surface area contributed by atoms with Crippen molar-refractivity contribution in [2.75, 3.05) is 31.6 Å². The third-order valence-electron chi connectivity index (χ3n) is 2.21. The number of carbonyl (C=O) groups is 2. The SMILES string of the molecule is CCNc1cnccc1C(=O)NCCOCC(N)=O. The number of anilines is 1. The number of hydrogen-bond donors (Lipinski definition) is 3. The Balaban J connectivity index is 2.43. The van der Waals surface area contributed by atoms with E-state index in [1.165, 1.54) is 0 Å². The average Bonchev–Trinajstić information content (AvgIpc) is 2.39. The van der Waals surface area contributed by atoms with Crippen LogP contribution < -0.4 is 16.4 Å². The van der Waals surface area contributed by atoms with Gasteiger partial charge in [0.25, 0.3) is 5.91 Å². The zero-order chi connectivity index (χ0) is 14.1. The lowest BCUT2D eigenvalue weighted by atomic mass is 10.2. The van der Waals surface area contributed by atoms with Crippen LogP contribution in [-0.4, -0.2) is 43.1 Å². The largest absolute Gasteiger partial charge is 0.383 e. The molecule has 0 saturated carbocycles. The molecule has 0 radical (unpaired) electrons. The van der Waals surface area contributed by atoms with Crippen molar-refractivity contribution in [1.82, 2.24) is 10.3 Å². The van der Waals surface area contributed by atoms with Gasteiger partial charge in [-0.05, 0) is 13.0 Å². The zero-order valence-electron chi connectivity index (χ0n) is 10.8. The predicted octanol–water partition coefficient (Wildman–Crippen LogP) is -0.255. The first-order valence-electron chi connectivity index (χ1n) is 5.97. The number of nitrogens with two attached hydrogens (primary N) is 1. The summed E-state index contributed by atoms with van der Waals surface area (Å²) < 4.78 is 4.94. The number of aromatic nitrogens is 1. The minimum absolute atomic E-state index is 0.145. The number of rotatable bonds is 8. The second-order valence-electron chi connectivity index (χ2n) is 3.73. The van der Waals surface area contributed by atoms with E-state index in [4.69, 9.17) is 10.5 Å². The van der Waals surface area contributed by atoms with Gasteiger partial charge in [-0.15, -0.1) is 0 Å². The monoisotopic (exact) mass is 266 g/mol. The summed E-state index contributed by atoms with van der Waals surface area (Å²) in [5, 5.41) is 5.75. The number of nitrogens with zero attached hydrogens (tertiary/aromatic N) is 1. The van der Waals surface area contributed by atoms with Crippen LogP contribution in [0.3, 0.4) is 0 Å². The van der Waals surface area contributed by atoms with Crippen molar-refractivity contribution >= 4 is 17.5 Å². The maximum Gasteiger partial charge on any atom is 0.253 e. The van der Waals surface area contributed by atoms with Crippen molar-refractivity contribution < 1.29 is 14.3 Å². The Kier molecular flexibility index (Phi) is 6.31. The summed E-state index contributed by atoms with van der Waals surface area (Å²) in [5.41, 5.74) is 6.11. The number of ether oxygens (including phenoxy) is 1. The molecular formula is C12H18N4O3. The fourth-order valence-electron chi connectivity index (χ4n) is 1.43. The van der Waals surface area contributed by atoms with E-state index in [0.717, 1.165) is 0 Å². The molecule has 0 fully saturated rings. The summed E-state index contributed by atoms with van der Waals surface area (Å²) in [6.45, 7) is 3.03. The summed E-state index contributed by atoms with van der Waals surface area (Å²) in [6.07, 6.45) is 3.15. The first-order chi connectivity index (χ1) is 9.15. The van der Waals surface area contributed by atoms with Crippen LogP contribution >= 0.6 is 0 Å². The van der Waals surface area contributed by atoms with E-state index in [1.807, 2.05) is 6.92 Å². The van der Waals surface area contributed by atoms with Crippen LogP contribution in [0.25, 0.3) is 0 Å². The maximum atomic E-state index is 11.9. The molecule has 1 aromatic heterocycles. The van der Waals surface area contributed by atoms with Gasteiger partial charge in [-0.1, -0.05) is 0 Å². The van der Waals surface area contributed by atoms with E-state index >= 15 is 0 Å². The molecule has 4 N–H and O–H groups in total. The number of carbonyl (C=O) groups excluding carboxylic acids is 2. The molecule has 0 saturated heterocycles. The van der Waals surface area contributed by atoms with E-state index < -0.39 is 5.91 Å². The summed E-state index contributed by atoms with van der Waals surface area (Å²) in [4.78, 5) is 26.3. The molecule has 7 heteroatoms. The van der Waals surface area contributed by atoms with Crippen LogP contribution in [0.5, 0.6) is 0 Å². The number of pyridine rings is 1. The van der Waals surface area contributed by atoms with E-state index in [0.29, 0.717) is 24.3 Å². The molecule has 0 aliphatic carbocycles. The highest BCUT2D eigenvalue weighted by Crippen LogP contribution is 2.12. The Bertz CT molecular complexity index is 437. The fraction of sp³-hybridized carbons (Fsp3) is 0.417. The van der Waals surface area contributed by atoms with Gasteiger partial charge in [0.05, 0.1) is 24.1 Å². The summed E-state index contributed by atoms with van der Waals surface area (Å²) in [7, 11) is 0. The molecule has 0 unspecified atom stereocenters. The van der Waals surface area contributed by atoms with Crippen molar-refractivity contribution in [3.05, 3.63) is 24.0 Å². The third kappa shape index (κ3) is 5.35. The fourth-order valence-corrected chi connectivity index (χ4v) is 1.43. The molecule has 0 aromatic carbocycles. The first-order valence-corrected chi connectivity index (χ1v) is 5.97. The Hall–Kier alpha value is -2.15. The summed E-state index contributed by atoms with van der Waals surface area (Å²) >= 11 is 0. The highest BCUT2D eigenvalue weighted by molar-refractivity contribution is 5.99. The van der Waals surface area contributed by atoms with E-state index in [2.05, 4.69) is 15.6 Å². The lowest BCUT2D eigenvalue weighted by Gasteiger charge is -2.10. The Morgan fingerprint density at radius 3 is 2.95 bits per heavy atom. The Labute approximate surface area is 111 Å². The molecular weight excluding hydrogens is 248 g/mol. The molecule has 19 heavy (non-hydrogen) atoms. The van der Waals surface area contributed by atoms with Gasteiger partial charge in [-0.25, -0.2) is 0 Å². The van der Waals surface area contributed by atoms with Crippen LogP contribution in [0, 0.1) is 0 Å². The molecule has 0 aliphatic rings. The summed E-state index contributed by atoms with van der Waals surface area (Å²) in [6, 6.07) is 1.64. The molecule has 0 bridgehead atoms. The number of primary amides is 1. The number of nitrogens with one attached hydrogen (secondary N) is 2. The molecule has 1 aromatic rings. The van der Waals surface area contributed by atoms with Gasteiger partial charge in [-0.3, -0.25) is 14.6 Å². The second-order valence-corrected chi connectivity index (χ2v) is 3.73. The van der Waals surface area contributed by atoms with Crippen molar-refractivity contribution in [2.45, 2.75) is 6.92 Å². The smallest absolute Gasteiger partial charge is 0.253 e. The highest BCUT2D eigenvalue weighted by Gasteiger charge is 2.10. The van der Waals surface area contributed by atoms with Gasteiger partial charge in [0.1, 0.15) is 6.61 Å². The standard InChI is InChI=1S/C12H18N4O3/c1-2-15-10-7-14-4-3-9(10)12(18)16-5-6-19-8-11(13)17/h3-4,7,15H,2,5-6,8H2,1H3,(H2,13,17)(H,16,18). The first kappa shape index (κ1) is 14.9. The molecule has 0 spiro atoms. The lowest BCUT2D eigenvalue weighted by Crippen LogP contribution is -2.29. The van der Waals surface area contributed by atoms with Gasteiger partial charge in [0.15, 0.2) is 0 Å². The normalized spacial score (nSPS) is 9.95. The maximum absolute atomic E-state index is 11.9. The van der Waals surface area contributed by atoms with Crippen molar-refractivity contribution in [3.63, 3.8) is 0 Å². The van der Waals surface area contributed by atoms with Gasteiger partial charge in [0, 0.05) is 19.3 Å². The van der Waals surface area contributed by atoms with Crippen LogP contribution in [0.15, 0.2) is 18.5 Å². The van der Waals surface area contributed by atoms with Crippen molar-refractivity contribution in [2.24, 2.45) is 5.73 Å². The molecule has 1 rings (SSSR count). The number of hydrogen-bond acceptors (Lipinski definition) is 5. The quantitative estimate of drug-likeness (QED) is 0.562. The predicted molar refractivity (Wildman–Crippen MR) is 70.7 cm³/mol. The Morgan fingerprint density at radius 1 is 1.47 bits per heavy atom. The average molecular weight is 266 g/mol. The van der Waals surface area contributed by atoms with Gasteiger partial charge in [0.2, 0.25) is 5.91 Å². The molecule has 1 heterocycles. The molecule has 0 atom stereocenters. The lowest BCUT2D eigenvalue weighted by molar-refractivity contribution is -0.122. The van der Waals surface area contributed by atoms with Crippen molar-refractivity contribution in [3.8, 4) is 0 Å². The highest BCUT2D eigenvalue weighted by atomic mass is 16.5. The van der Waals surface area contributed by atoms with Gasteiger partial charge >= 0.3 is 0 Å². The third-order valence-corrected chi connectivity index (χ3v) is 2.21. The topological polar surface area (TPSA) is 106 Å². The van der Waals surface area contributed by atoms with Crippen LogP contribution in [-0.2, 0) is 9.53 Å². The van der Waals surface area contributed by atoms with Gasteiger partial charge in [-0.2, -0.15) is 0 Å². The van der Waals surface area contributed by atoms with Crippen LogP contribution in [0.2, 0.25) is 0 Å². The van der Waals surface area contributed by atoms with Crippen LogP contribution in [0.1, 0.15) is 17.3 Å². The molecule has 2 amide bonds. The van der Waals surface area contributed by atoms with E-state index in [-0.39, 0.29) is 19.1 Å². The van der Waals surface area contributed by atoms with Crippen LogP contribution in [0.4, 0.5) is 5.69 Å². The molecule has 104 valence electrons. The Morgan fingerprint density at radius 2 is 2.26 bits per heavy atom. The summed E-state index contributed by atoms with van der Waals surface area (Å²) in [5.74, 6) is -0.754. The van der Waals surface area contributed by atoms with Gasteiger partial charge < -0.3 is 21.1 Å². The number of amides is 2. The minimum Gasteiger partial charge on any atom is -0.383 e. The van der Waals surface area contributed by atoms with E-state index in [1.54, 1.807) is 18.5 Å². The minimum atomic E-state index is -0.533. The second kappa shape index (κ2) is 8.04. The van der Waals surface area contributed by atoms with Crippen molar-refractivity contribution in [1.29, 1.82) is 0 Å². The zero-order valence-corrected chi connectivity index (χ0v) is 10.8. The molecule has 0 aliphatic heterocycles. The molecule has 7 nitrogen and oxygen atoms in total.